The number of benzene rings is 2. The Labute approximate surface area is 113 Å². The van der Waals surface area contributed by atoms with Crippen LogP contribution in [0.4, 0.5) is 0 Å². The summed E-state index contributed by atoms with van der Waals surface area (Å²) in [6.07, 6.45) is 0. The van der Waals surface area contributed by atoms with Crippen molar-refractivity contribution in [1.82, 2.24) is 0 Å². The summed E-state index contributed by atoms with van der Waals surface area (Å²) < 4.78 is 16.3. The van der Waals surface area contributed by atoms with Crippen molar-refractivity contribution in [3.05, 3.63) is 42.0 Å². The topological polar surface area (TPSA) is 27.7 Å². The lowest BCUT2D eigenvalue weighted by molar-refractivity contribution is 0.394. The molecule has 0 heterocycles. The number of ether oxygens (including phenoxy) is 3. The summed E-state index contributed by atoms with van der Waals surface area (Å²) in [5, 5.41) is 0. The molecule has 0 unspecified atom stereocenters. The van der Waals surface area contributed by atoms with Gasteiger partial charge in [0.15, 0.2) is 0 Å². The van der Waals surface area contributed by atoms with E-state index in [0.717, 1.165) is 33.9 Å². The van der Waals surface area contributed by atoms with Crippen LogP contribution in [0.2, 0.25) is 0 Å². The normalized spacial score (nSPS) is 10.1. The molecule has 19 heavy (non-hydrogen) atoms. The summed E-state index contributed by atoms with van der Waals surface area (Å²) in [6, 6.07) is 11.8. The van der Waals surface area contributed by atoms with Crippen molar-refractivity contribution < 1.29 is 14.2 Å². The lowest BCUT2D eigenvalue weighted by atomic mass is 10.00. The smallest absolute Gasteiger partial charge is 0.130 e. The van der Waals surface area contributed by atoms with E-state index >= 15 is 0 Å². The molecule has 3 heteroatoms. The van der Waals surface area contributed by atoms with Crippen molar-refractivity contribution in [2.24, 2.45) is 0 Å². The van der Waals surface area contributed by atoms with Gasteiger partial charge >= 0.3 is 0 Å². The minimum absolute atomic E-state index is 0.767. The zero-order valence-corrected chi connectivity index (χ0v) is 11.7. The third-order valence-electron chi connectivity index (χ3n) is 3.05. The molecule has 0 aliphatic rings. The van der Waals surface area contributed by atoms with Crippen LogP contribution < -0.4 is 14.2 Å². The van der Waals surface area contributed by atoms with Crippen LogP contribution >= 0.6 is 0 Å². The lowest BCUT2D eigenvalue weighted by Gasteiger charge is -2.16. The van der Waals surface area contributed by atoms with Crippen LogP contribution in [0, 0.1) is 6.92 Å². The SMILES string of the molecule is COc1ccc(C)cc1-c1c(OC)cccc1OC. The summed E-state index contributed by atoms with van der Waals surface area (Å²) in [4.78, 5) is 0. The van der Waals surface area contributed by atoms with Crippen molar-refractivity contribution in [2.75, 3.05) is 21.3 Å². The first-order valence-electron chi connectivity index (χ1n) is 6.07. The monoisotopic (exact) mass is 258 g/mol. The predicted molar refractivity (Wildman–Crippen MR) is 76.3 cm³/mol. The third kappa shape index (κ3) is 2.50. The fourth-order valence-electron chi connectivity index (χ4n) is 2.13. The van der Waals surface area contributed by atoms with E-state index in [1.807, 2.05) is 37.3 Å². The van der Waals surface area contributed by atoms with Gasteiger partial charge in [-0.05, 0) is 31.2 Å². The third-order valence-corrected chi connectivity index (χ3v) is 3.05. The van der Waals surface area contributed by atoms with Gasteiger partial charge in [-0.15, -0.1) is 0 Å². The van der Waals surface area contributed by atoms with Crippen molar-refractivity contribution in [3.63, 3.8) is 0 Å². The number of rotatable bonds is 4. The first-order chi connectivity index (χ1) is 9.21. The first-order valence-corrected chi connectivity index (χ1v) is 6.07. The van der Waals surface area contributed by atoms with Crippen LogP contribution in [0.5, 0.6) is 17.2 Å². The molecule has 0 aliphatic carbocycles. The molecule has 0 N–H and O–H groups in total. The average molecular weight is 258 g/mol. The minimum atomic E-state index is 0.767. The number of hydrogen-bond acceptors (Lipinski definition) is 3. The Morgan fingerprint density at radius 3 is 1.84 bits per heavy atom. The van der Waals surface area contributed by atoms with Crippen LogP contribution in [0.25, 0.3) is 11.1 Å². The Hall–Kier alpha value is -2.16. The molecular formula is C16H18O3. The molecule has 0 bridgehead atoms. The van der Waals surface area contributed by atoms with E-state index in [-0.39, 0.29) is 0 Å². The van der Waals surface area contributed by atoms with Crippen LogP contribution in [0.15, 0.2) is 36.4 Å². The van der Waals surface area contributed by atoms with Gasteiger partial charge in [0.2, 0.25) is 0 Å². The Morgan fingerprint density at radius 2 is 1.32 bits per heavy atom. The molecule has 0 saturated carbocycles. The van der Waals surface area contributed by atoms with Gasteiger partial charge < -0.3 is 14.2 Å². The number of methoxy groups -OCH3 is 3. The summed E-state index contributed by atoms with van der Waals surface area (Å²) in [5.41, 5.74) is 3.04. The summed E-state index contributed by atoms with van der Waals surface area (Å²) >= 11 is 0. The Morgan fingerprint density at radius 1 is 0.737 bits per heavy atom. The molecule has 2 aromatic carbocycles. The van der Waals surface area contributed by atoms with Crippen LogP contribution in [0.3, 0.4) is 0 Å². The second kappa shape index (κ2) is 5.65. The summed E-state index contributed by atoms with van der Waals surface area (Å²) in [5.74, 6) is 2.33. The maximum atomic E-state index is 5.45. The molecule has 0 aromatic heterocycles. The van der Waals surface area contributed by atoms with Crippen LogP contribution in [-0.2, 0) is 0 Å². The van der Waals surface area contributed by atoms with E-state index in [4.69, 9.17) is 14.2 Å². The maximum Gasteiger partial charge on any atom is 0.130 e. The molecule has 0 radical (unpaired) electrons. The Kier molecular flexibility index (Phi) is 3.95. The summed E-state index contributed by atoms with van der Waals surface area (Å²) in [6.45, 7) is 2.05. The van der Waals surface area contributed by atoms with E-state index in [9.17, 15) is 0 Å². The van der Waals surface area contributed by atoms with Crippen LogP contribution in [0.1, 0.15) is 5.56 Å². The zero-order valence-electron chi connectivity index (χ0n) is 11.7. The molecule has 2 aromatic rings. The molecule has 0 amide bonds. The molecule has 0 saturated heterocycles. The predicted octanol–water partition coefficient (Wildman–Crippen LogP) is 3.69. The van der Waals surface area contributed by atoms with Gasteiger partial charge in [-0.1, -0.05) is 17.7 Å². The van der Waals surface area contributed by atoms with E-state index in [0.29, 0.717) is 0 Å². The highest BCUT2D eigenvalue weighted by Gasteiger charge is 2.16. The van der Waals surface area contributed by atoms with Gasteiger partial charge in [0.25, 0.3) is 0 Å². The van der Waals surface area contributed by atoms with E-state index in [2.05, 4.69) is 6.07 Å². The standard InChI is InChI=1S/C16H18O3/c1-11-8-9-13(17-2)12(10-11)16-14(18-3)6-5-7-15(16)19-4/h5-10H,1-4H3. The fourth-order valence-corrected chi connectivity index (χ4v) is 2.13. The minimum Gasteiger partial charge on any atom is -0.496 e. The molecule has 0 atom stereocenters. The summed E-state index contributed by atoms with van der Waals surface area (Å²) in [7, 11) is 4.97. The fraction of sp³-hybridized carbons (Fsp3) is 0.250. The van der Waals surface area contributed by atoms with Crippen molar-refractivity contribution in [2.45, 2.75) is 6.92 Å². The maximum absolute atomic E-state index is 5.45. The average Bonchev–Trinajstić information content (AvgIpc) is 2.46. The van der Waals surface area contributed by atoms with Gasteiger partial charge in [0.05, 0.1) is 26.9 Å². The van der Waals surface area contributed by atoms with Crippen LogP contribution in [-0.4, -0.2) is 21.3 Å². The first kappa shape index (κ1) is 13.3. The van der Waals surface area contributed by atoms with Crippen molar-refractivity contribution in [3.8, 4) is 28.4 Å². The van der Waals surface area contributed by atoms with E-state index in [1.165, 1.54) is 0 Å². The van der Waals surface area contributed by atoms with Gasteiger partial charge in [0.1, 0.15) is 17.2 Å². The highest BCUT2D eigenvalue weighted by Crippen LogP contribution is 2.42. The molecule has 0 fully saturated rings. The zero-order chi connectivity index (χ0) is 13.8. The van der Waals surface area contributed by atoms with Gasteiger partial charge in [-0.25, -0.2) is 0 Å². The Balaban J connectivity index is 2.73. The Bertz CT molecular complexity index is 554. The number of aryl methyl sites for hydroxylation is 1. The highest BCUT2D eigenvalue weighted by molar-refractivity contribution is 5.81. The second-order valence-electron chi connectivity index (χ2n) is 4.24. The molecule has 0 spiro atoms. The molecule has 2 rings (SSSR count). The highest BCUT2D eigenvalue weighted by atomic mass is 16.5. The molecule has 0 aliphatic heterocycles. The number of hydrogen-bond donors (Lipinski definition) is 0. The second-order valence-corrected chi connectivity index (χ2v) is 4.24. The lowest BCUT2D eigenvalue weighted by Crippen LogP contribution is -1.95. The van der Waals surface area contributed by atoms with Crippen molar-refractivity contribution in [1.29, 1.82) is 0 Å². The molecular weight excluding hydrogens is 240 g/mol. The van der Waals surface area contributed by atoms with Gasteiger partial charge in [-0.3, -0.25) is 0 Å². The van der Waals surface area contributed by atoms with E-state index < -0.39 is 0 Å². The molecule has 3 nitrogen and oxygen atoms in total. The quantitative estimate of drug-likeness (QED) is 0.837. The molecule has 100 valence electrons. The largest absolute Gasteiger partial charge is 0.496 e. The van der Waals surface area contributed by atoms with E-state index in [1.54, 1.807) is 21.3 Å². The van der Waals surface area contributed by atoms with Gasteiger partial charge in [0, 0.05) is 5.56 Å². The van der Waals surface area contributed by atoms with Crippen molar-refractivity contribution >= 4 is 0 Å². The van der Waals surface area contributed by atoms with Gasteiger partial charge in [-0.2, -0.15) is 0 Å².